The Balaban J connectivity index is 1.87. The highest BCUT2D eigenvalue weighted by atomic mass is 19.1. The van der Waals surface area contributed by atoms with E-state index in [1.54, 1.807) is 17.0 Å². The lowest BCUT2D eigenvalue weighted by molar-refractivity contribution is -0.0180. The minimum Gasteiger partial charge on any atom is -0.444 e. The molecular formula is C25H30FNO3. The fraction of sp³-hybridized carbons (Fsp3) is 0.400. The van der Waals surface area contributed by atoms with Crippen LogP contribution in [0.3, 0.4) is 0 Å². The summed E-state index contributed by atoms with van der Waals surface area (Å²) in [5, 5.41) is 0. The van der Waals surface area contributed by atoms with Crippen LogP contribution in [0.2, 0.25) is 0 Å². The third kappa shape index (κ3) is 5.08. The van der Waals surface area contributed by atoms with Crippen molar-refractivity contribution in [1.82, 2.24) is 4.90 Å². The molecule has 0 spiro atoms. The minimum atomic E-state index is -0.728. The second-order valence-electron chi connectivity index (χ2n) is 8.75. The Morgan fingerprint density at radius 2 is 1.97 bits per heavy atom. The van der Waals surface area contributed by atoms with Crippen LogP contribution in [0.25, 0.3) is 0 Å². The second-order valence-corrected chi connectivity index (χ2v) is 8.75. The summed E-state index contributed by atoms with van der Waals surface area (Å²) in [6.07, 6.45) is 2.65. The van der Waals surface area contributed by atoms with Crippen LogP contribution in [-0.2, 0) is 16.1 Å². The highest BCUT2D eigenvalue weighted by molar-refractivity contribution is 5.71. The van der Waals surface area contributed by atoms with Crippen molar-refractivity contribution in [3.63, 3.8) is 0 Å². The van der Waals surface area contributed by atoms with Crippen LogP contribution in [0, 0.1) is 5.82 Å². The molecule has 1 amide bonds. The van der Waals surface area contributed by atoms with Crippen molar-refractivity contribution in [2.45, 2.75) is 57.4 Å². The fourth-order valence-electron chi connectivity index (χ4n) is 3.92. The maximum atomic E-state index is 13.9. The van der Waals surface area contributed by atoms with Gasteiger partial charge < -0.3 is 9.47 Å². The summed E-state index contributed by atoms with van der Waals surface area (Å²) in [6, 6.07) is 16.0. The van der Waals surface area contributed by atoms with Gasteiger partial charge in [0.2, 0.25) is 0 Å². The van der Waals surface area contributed by atoms with E-state index in [0.717, 1.165) is 11.1 Å². The van der Waals surface area contributed by atoms with Crippen LogP contribution in [0.15, 0.2) is 67.3 Å². The molecule has 0 radical (unpaired) electrons. The summed E-state index contributed by atoms with van der Waals surface area (Å²) in [5.74, 6) is -0.326. The van der Waals surface area contributed by atoms with Gasteiger partial charge in [0.15, 0.2) is 0 Å². The Morgan fingerprint density at radius 1 is 1.23 bits per heavy atom. The second kappa shape index (κ2) is 9.00. The van der Waals surface area contributed by atoms with Gasteiger partial charge in [-0.1, -0.05) is 48.5 Å². The lowest BCUT2D eigenvalue weighted by Gasteiger charge is -2.39. The Morgan fingerprint density at radius 3 is 2.60 bits per heavy atom. The van der Waals surface area contributed by atoms with E-state index in [2.05, 4.69) is 6.58 Å². The molecule has 2 atom stereocenters. The Labute approximate surface area is 178 Å². The van der Waals surface area contributed by atoms with Crippen LogP contribution in [0.4, 0.5) is 9.18 Å². The standard InChI is InChI=1S/C25H30FNO3/c1-5-25(18-29-17-19-10-7-6-8-11-19)15-14-22(20-12-9-13-21(26)16-20)27(25)23(28)30-24(2,3)4/h5-13,16,22H,1,14-15,17-18H2,2-4H3/t22-,25-/m0/s1. The number of hydrogen-bond acceptors (Lipinski definition) is 3. The fourth-order valence-corrected chi connectivity index (χ4v) is 3.92. The first-order valence-corrected chi connectivity index (χ1v) is 10.3. The molecule has 0 aromatic heterocycles. The van der Waals surface area contributed by atoms with Gasteiger partial charge >= 0.3 is 6.09 Å². The first-order valence-electron chi connectivity index (χ1n) is 10.3. The molecule has 160 valence electrons. The van der Waals surface area contributed by atoms with Gasteiger partial charge in [0.25, 0.3) is 0 Å². The van der Waals surface area contributed by atoms with Crippen molar-refractivity contribution in [2.75, 3.05) is 6.61 Å². The minimum absolute atomic E-state index is 0.288. The van der Waals surface area contributed by atoms with Gasteiger partial charge in [-0.2, -0.15) is 0 Å². The van der Waals surface area contributed by atoms with Gasteiger partial charge in [-0.3, -0.25) is 4.90 Å². The van der Waals surface area contributed by atoms with E-state index in [0.29, 0.717) is 19.4 Å². The number of halogens is 1. The third-order valence-corrected chi connectivity index (χ3v) is 5.31. The van der Waals surface area contributed by atoms with Crippen molar-refractivity contribution >= 4 is 6.09 Å². The molecule has 5 heteroatoms. The predicted molar refractivity (Wildman–Crippen MR) is 115 cm³/mol. The Hall–Kier alpha value is -2.66. The summed E-state index contributed by atoms with van der Waals surface area (Å²) >= 11 is 0. The largest absolute Gasteiger partial charge is 0.444 e. The average Bonchev–Trinajstić information content (AvgIpc) is 3.08. The van der Waals surface area contributed by atoms with Crippen LogP contribution in [0.5, 0.6) is 0 Å². The maximum absolute atomic E-state index is 13.9. The summed E-state index contributed by atoms with van der Waals surface area (Å²) in [4.78, 5) is 14.9. The summed E-state index contributed by atoms with van der Waals surface area (Å²) in [7, 11) is 0. The monoisotopic (exact) mass is 411 g/mol. The van der Waals surface area contributed by atoms with Gasteiger partial charge in [-0.05, 0) is 56.9 Å². The molecule has 1 aliphatic heterocycles. The van der Waals surface area contributed by atoms with Crippen molar-refractivity contribution in [3.05, 3.63) is 84.2 Å². The van der Waals surface area contributed by atoms with Crippen LogP contribution in [-0.4, -0.2) is 28.7 Å². The number of nitrogens with zero attached hydrogens (tertiary/aromatic N) is 1. The van der Waals surface area contributed by atoms with E-state index >= 15 is 0 Å². The van der Waals surface area contributed by atoms with Crippen molar-refractivity contribution in [1.29, 1.82) is 0 Å². The molecule has 30 heavy (non-hydrogen) atoms. The Kier molecular flexibility index (Phi) is 6.61. The average molecular weight is 412 g/mol. The van der Waals surface area contributed by atoms with E-state index in [9.17, 15) is 9.18 Å². The summed E-state index contributed by atoms with van der Waals surface area (Å²) in [5.41, 5.74) is 0.422. The van der Waals surface area contributed by atoms with E-state index in [1.165, 1.54) is 12.1 Å². The van der Waals surface area contributed by atoms with Crippen LogP contribution < -0.4 is 0 Å². The predicted octanol–water partition coefficient (Wildman–Crippen LogP) is 6.04. The number of likely N-dealkylation sites (tertiary alicyclic amines) is 1. The number of ether oxygens (including phenoxy) is 2. The zero-order valence-electron chi connectivity index (χ0n) is 17.9. The number of benzene rings is 2. The lowest BCUT2D eigenvalue weighted by Crippen LogP contribution is -2.51. The van der Waals surface area contributed by atoms with Crippen molar-refractivity contribution in [3.8, 4) is 0 Å². The highest BCUT2D eigenvalue weighted by Gasteiger charge is 2.49. The molecule has 0 saturated carbocycles. The molecule has 3 rings (SSSR count). The number of rotatable bonds is 6. The molecule has 0 aliphatic carbocycles. The normalized spacial score (nSPS) is 21.5. The van der Waals surface area contributed by atoms with E-state index in [4.69, 9.17) is 9.47 Å². The van der Waals surface area contributed by atoms with Crippen molar-refractivity contribution < 1.29 is 18.7 Å². The zero-order chi connectivity index (χ0) is 21.8. The number of carbonyl (C=O) groups is 1. The Bertz CT molecular complexity index is 877. The highest BCUT2D eigenvalue weighted by Crippen LogP contribution is 2.44. The SMILES string of the molecule is C=C[C@@]1(COCc2ccccc2)CC[C@@H](c2cccc(F)c2)N1C(=O)OC(C)(C)C. The van der Waals surface area contributed by atoms with Gasteiger partial charge in [-0.25, -0.2) is 9.18 Å². The zero-order valence-corrected chi connectivity index (χ0v) is 17.9. The lowest BCUT2D eigenvalue weighted by atomic mass is 9.97. The first kappa shape index (κ1) is 22.0. The van der Waals surface area contributed by atoms with Gasteiger partial charge in [0.1, 0.15) is 11.4 Å². The molecule has 0 unspecified atom stereocenters. The quantitative estimate of drug-likeness (QED) is 0.544. The van der Waals surface area contributed by atoms with E-state index < -0.39 is 17.2 Å². The number of carbonyl (C=O) groups excluding carboxylic acids is 1. The molecule has 1 saturated heterocycles. The van der Waals surface area contributed by atoms with Crippen LogP contribution >= 0.6 is 0 Å². The third-order valence-electron chi connectivity index (χ3n) is 5.31. The molecule has 1 aliphatic rings. The van der Waals surface area contributed by atoms with Gasteiger partial charge in [0, 0.05) is 0 Å². The van der Waals surface area contributed by atoms with E-state index in [-0.39, 0.29) is 18.5 Å². The molecular weight excluding hydrogens is 381 g/mol. The van der Waals surface area contributed by atoms with Gasteiger partial charge in [0.05, 0.1) is 24.8 Å². The smallest absolute Gasteiger partial charge is 0.411 e. The van der Waals surface area contributed by atoms with Gasteiger partial charge in [-0.15, -0.1) is 6.58 Å². The molecule has 1 heterocycles. The molecule has 0 bridgehead atoms. The topological polar surface area (TPSA) is 38.8 Å². The molecule has 2 aromatic rings. The summed E-state index contributed by atoms with van der Waals surface area (Å²) in [6.45, 7) is 10.2. The molecule has 0 N–H and O–H groups in total. The molecule has 4 nitrogen and oxygen atoms in total. The number of amides is 1. The summed E-state index contributed by atoms with van der Waals surface area (Å²) < 4.78 is 25.6. The maximum Gasteiger partial charge on any atom is 0.411 e. The first-order chi connectivity index (χ1) is 14.2. The molecule has 1 fully saturated rings. The van der Waals surface area contributed by atoms with E-state index in [1.807, 2.05) is 57.2 Å². The molecule has 2 aromatic carbocycles. The van der Waals surface area contributed by atoms with Crippen molar-refractivity contribution in [2.24, 2.45) is 0 Å². The van der Waals surface area contributed by atoms with Crippen LogP contribution in [0.1, 0.15) is 50.8 Å². The number of hydrogen-bond donors (Lipinski definition) is 0.